The molecule has 4 rings (SSSR count). The number of methoxy groups -OCH3 is 2. The molecule has 10 atom stereocenters. The lowest BCUT2D eigenvalue weighted by Gasteiger charge is -2.41. The van der Waals surface area contributed by atoms with E-state index >= 15 is 0 Å². The lowest BCUT2D eigenvalue weighted by atomic mass is 9.89. The molecule has 0 bridgehead atoms. The second-order valence-electron chi connectivity index (χ2n) is 20.7. The molecule has 2 N–H and O–H groups in total. The van der Waals surface area contributed by atoms with Gasteiger partial charge in [0.2, 0.25) is 23.6 Å². The van der Waals surface area contributed by atoms with Crippen LogP contribution in [0.2, 0.25) is 0 Å². The number of likely N-dealkylation sites (N-methyl/N-ethyl adjacent to an activating group) is 2. The molecule has 17 nitrogen and oxygen atoms in total. The molecule has 7 amide bonds. The second-order valence-corrected chi connectivity index (χ2v) is 20.7. The first-order chi connectivity index (χ1) is 33.8. The van der Waals surface area contributed by atoms with Crippen molar-refractivity contribution in [1.29, 1.82) is 0 Å². The first-order valence-corrected chi connectivity index (χ1v) is 26.2. The van der Waals surface area contributed by atoms with Crippen LogP contribution in [0, 0.1) is 23.7 Å². The van der Waals surface area contributed by atoms with Crippen LogP contribution < -0.4 is 10.6 Å². The van der Waals surface area contributed by atoms with Crippen LogP contribution in [0.15, 0.2) is 42.5 Å². The van der Waals surface area contributed by atoms with Gasteiger partial charge in [0.25, 0.3) is 17.7 Å². The van der Waals surface area contributed by atoms with Gasteiger partial charge in [0, 0.05) is 59.0 Å². The van der Waals surface area contributed by atoms with Crippen molar-refractivity contribution in [2.24, 2.45) is 23.7 Å². The molecule has 1 aromatic rings. The Bertz CT molecular complexity index is 1920. The van der Waals surface area contributed by atoms with Crippen LogP contribution in [0.5, 0.6) is 0 Å². The molecule has 0 spiro atoms. The zero-order chi connectivity index (χ0) is 52.5. The maximum absolute atomic E-state index is 14.7. The number of amides is 7. The Hall–Kier alpha value is -4.71. The summed E-state index contributed by atoms with van der Waals surface area (Å²) in [7, 11) is 6.74. The summed E-state index contributed by atoms with van der Waals surface area (Å²) in [4.78, 5) is 108. The van der Waals surface area contributed by atoms with Crippen LogP contribution in [0.4, 0.5) is 0 Å². The Balaban J connectivity index is 1.43. The SMILES string of the molecule is CCC(C)C(C(CC(=O)N1CCCC1C(OC)C(C)C(=O)NC(C(=O)N1CCCCO1)C(C)c1ccccc1)OC)N(C)C(=O)C(NC(=O)C(C(C)C)N(C)CCCCCCN1C(=O)C=CC1=O)C(C)C. The summed E-state index contributed by atoms with van der Waals surface area (Å²) in [5.41, 5.74) is 0.902. The Morgan fingerprint density at radius 1 is 0.789 bits per heavy atom. The summed E-state index contributed by atoms with van der Waals surface area (Å²) < 4.78 is 12.2. The van der Waals surface area contributed by atoms with Gasteiger partial charge in [0.1, 0.15) is 12.1 Å². The summed E-state index contributed by atoms with van der Waals surface area (Å²) in [5, 5.41) is 7.55. The smallest absolute Gasteiger partial charge is 0.269 e. The van der Waals surface area contributed by atoms with E-state index in [1.807, 2.05) is 90.7 Å². The van der Waals surface area contributed by atoms with Gasteiger partial charge < -0.3 is 29.9 Å². The van der Waals surface area contributed by atoms with Crippen molar-refractivity contribution in [3.05, 3.63) is 48.0 Å². The normalized spacial score (nSPS) is 20.2. The van der Waals surface area contributed by atoms with E-state index in [-0.39, 0.29) is 71.4 Å². The quantitative estimate of drug-likeness (QED) is 0.0817. The summed E-state index contributed by atoms with van der Waals surface area (Å²) >= 11 is 0. The first kappa shape index (κ1) is 58.9. The molecule has 0 radical (unpaired) electrons. The topological polar surface area (TPSA) is 187 Å². The van der Waals surface area contributed by atoms with Gasteiger partial charge in [-0.15, -0.1) is 0 Å². The highest BCUT2D eigenvalue weighted by Crippen LogP contribution is 2.31. The molecule has 1 aromatic carbocycles. The molecule has 2 saturated heterocycles. The fourth-order valence-corrected chi connectivity index (χ4v) is 10.6. The number of ether oxygens (including phenoxy) is 2. The molecule has 2 fully saturated rings. The lowest BCUT2D eigenvalue weighted by Crippen LogP contribution is -2.60. The van der Waals surface area contributed by atoms with Crippen LogP contribution in [0.3, 0.4) is 0 Å². The number of carbonyl (C=O) groups is 7. The predicted octanol–water partition coefficient (Wildman–Crippen LogP) is 5.33. The van der Waals surface area contributed by atoms with Crippen molar-refractivity contribution in [2.75, 3.05) is 61.1 Å². The lowest BCUT2D eigenvalue weighted by molar-refractivity contribution is -0.200. The van der Waals surface area contributed by atoms with Gasteiger partial charge in [0.05, 0.1) is 49.3 Å². The third-order valence-electron chi connectivity index (χ3n) is 15.0. The molecule has 71 heavy (non-hydrogen) atoms. The van der Waals surface area contributed by atoms with Gasteiger partial charge in [-0.1, -0.05) is 105 Å². The van der Waals surface area contributed by atoms with E-state index in [4.69, 9.17) is 14.3 Å². The highest BCUT2D eigenvalue weighted by atomic mass is 16.7. The number of likely N-dealkylation sites (tertiary alicyclic amines) is 1. The molecule has 0 saturated carbocycles. The van der Waals surface area contributed by atoms with Crippen molar-refractivity contribution in [1.82, 2.24) is 35.3 Å². The minimum atomic E-state index is -0.897. The summed E-state index contributed by atoms with van der Waals surface area (Å²) in [6.07, 6.45) is 8.12. The van der Waals surface area contributed by atoms with Gasteiger partial charge in [-0.05, 0) is 75.4 Å². The molecular weight excluding hydrogens is 907 g/mol. The number of nitrogens with zero attached hydrogens (tertiary/aromatic N) is 5. The molecular formula is C54H87N7O10. The third-order valence-corrected chi connectivity index (χ3v) is 15.0. The van der Waals surface area contributed by atoms with E-state index < -0.39 is 48.3 Å². The molecule has 3 aliphatic rings. The van der Waals surface area contributed by atoms with E-state index in [2.05, 4.69) is 10.6 Å². The van der Waals surface area contributed by atoms with Crippen LogP contribution in [0.25, 0.3) is 0 Å². The number of imide groups is 1. The van der Waals surface area contributed by atoms with Gasteiger partial charge >= 0.3 is 0 Å². The molecule has 0 aliphatic carbocycles. The molecule has 10 unspecified atom stereocenters. The Morgan fingerprint density at radius 2 is 1.44 bits per heavy atom. The van der Waals surface area contributed by atoms with Crippen molar-refractivity contribution in [2.45, 2.75) is 168 Å². The fraction of sp³-hybridized carbons (Fsp3) is 0.722. The van der Waals surface area contributed by atoms with Gasteiger partial charge in [-0.25, -0.2) is 5.06 Å². The standard InChI is InChI=1S/C54H87N7O10/c1-13-37(6)49(58(10)53(67)46(35(2)3)55-52(66)48(36(4)5)57(9)29-19-14-15-20-30-60-43(62)27-28-44(60)63)42(69-11)34-45(64)59-31-23-26-41(59)50(70-12)39(8)51(65)56-47(38(7)40-24-17-16-18-25-40)54(68)61-32-21-22-33-71-61/h16-18,24-25,27-28,35-39,41-42,46-50H,13-15,19-23,26,29-34H2,1-12H3,(H,55,66)(H,56,65). The van der Waals surface area contributed by atoms with Crippen LogP contribution >= 0.6 is 0 Å². The van der Waals surface area contributed by atoms with Crippen molar-refractivity contribution < 1.29 is 47.9 Å². The Labute approximate surface area is 424 Å². The van der Waals surface area contributed by atoms with E-state index in [0.717, 1.165) is 37.7 Å². The highest BCUT2D eigenvalue weighted by molar-refractivity contribution is 6.12. The van der Waals surface area contributed by atoms with E-state index in [1.54, 1.807) is 38.0 Å². The van der Waals surface area contributed by atoms with Crippen LogP contribution in [0.1, 0.15) is 131 Å². The van der Waals surface area contributed by atoms with E-state index in [9.17, 15) is 33.6 Å². The van der Waals surface area contributed by atoms with Crippen LogP contribution in [-0.2, 0) is 47.9 Å². The maximum Gasteiger partial charge on any atom is 0.269 e. The summed E-state index contributed by atoms with van der Waals surface area (Å²) in [6.45, 7) is 17.9. The molecule has 0 aromatic heterocycles. The van der Waals surface area contributed by atoms with E-state index in [1.165, 1.54) is 22.1 Å². The number of hydrogen-bond donors (Lipinski definition) is 2. The van der Waals surface area contributed by atoms with Gasteiger partial charge in [0.15, 0.2) is 0 Å². The Kier molecular flexibility index (Phi) is 23.6. The molecule has 398 valence electrons. The number of carbonyl (C=O) groups excluding carboxylic acids is 7. The minimum Gasteiger partial charge on any atom is -0.379 e. The average molecular weight is 994 g/mol. The van der Waals surface area contributed by atoms with Gasteiger partial charge in [-0.2, -0.15) is 0 Å². The number of hydroxylamine groups is 2. The zero-order valence-corrected chi connectivity index (χ0v) is 44.9. The number of unbranched alkanes of at least 4 members (excludes halogenated alkanes) is 3. The van der Waals surface area contributed by atoms with Gasteiger partial charge in [-0.3, -0.25) is 48.2 Å². The molecule has 3 aliphatic heterocycles. The fourth-order valence-electron chi connectivity index (χ4n) is 10.6. The van der Waals surface area contributed by atoms with Crippen molar-refractivity contribution >= 4 is 41.4 Å². The monoisotopic (exact) mass is 994 g/mol. The average Bonchev–Trinajstić information content (AvgIpc) is 3.98. The zero-order valence-electron chi connectivity index (χ0n) is 44.9. The second kappa shape index (κ2) is 28.5. The third kappa shape index (κ3) is 15.6. The highest BCUT2D eigenvalue weighted by Gasteiger charge is 2.44. The van der Waals surface area contributed by atoms with E-state index in [0.29, 0.717) is 58.5 Å². The first-order valence-electron chi connectivity index (χ1n) is 26.2. The maximum atomic E-state index is 14.7. The van der Waals surface area contributed by atoms with Crippen molar-refractivity contribution in [3.63, 3.8) is 0 Å². The minimum absolute atomic E-state index is 0.0255. The molecule has 3 heterocycles. The number of rotatable bonds is 28. The largest absolute Gasteiger partial charge is 0.379 e. The van der Waals surface area contributed by atoms with Crippen molar-refractivity contribution in [3.8, 4) is 0 Å². The number of hydrogen-bond acceptors (Lipinski definition) is 11. The Morgan fingerprint density at radius 3 is 2.01 bits per heavy atom. The molecule has 17 heteroatoms. The summed E-state index contributed by atoms with van der Waals surface area (Å²) in [6, 6.07) is 6.41. The number of benzene rings is 1. The summed E-state index contributed by atoms with van der Waals surface area (Å²) in [5.74, 6) is -3.38. The predicted molar refractivity (Wildman–Crippen MR) is 272 cm³/mol. The van der Waals surface area contributed by atoms with Crippen LogP contribution in [-0.4, -0.2) is 170 Å². The number of nitrogens with one attached hydrogen (secondary N) is 2.